The Labute approximate surface area is 112 Å². The van der Waals surface area contributed by atoms with Gasteiger partial charge in [0.25, 0.3) is 0 Å². The largest absolute Gasteiger partial charge is 0.469 e. The summed E-state index contributed by atoms with van der Waals surface area (Å²) in [5.41, 5.74) is 0. The lowest BCUT2D eigenvalue weighted by atomic mass is 10.1. The molecular formula is C13H19N3OS. The molecule has 2 rings (SSSR count). The highest BCUT2D eigenvalue weighted by molar-refractivity contribution is 7.71. The zero-order chi connectivity index (χ0) is 13.0. The van der Waals surface area contributed by atoms with Crippen molar-refractivity contribution in [1.82, 2.24) is 14.8 Å². The third-order valence-corrected chi connectivity index (χ3v) is 3.37. The summed E-state index contributed by atoms with van der Waals surface area (Å²) in [5, 5.41) is 7.18. The van der Waals surface area contributed by atoms with Gasteiger partial charge in [0.2, 0.25) is 0 Å². The van der Waals surface area contributed by atoms with Crippen molar-refractivity contribution in [2.45, 2.75) is 45.6 Å². The molecule has 18 heavy (non-hydrogen) atoms. The molecule has 0 amide bonds. The fourth-order valence-corrected chi connectivity index (χ4v) is 2.46. The van der Waals surface area contributed by atoms with Crippen LogP contribution in [0, 0.1) is 4.77 Å². The van der Waals surface area contributed by atoms with E-state index in [9.17, 15) is 0 Å². The molecule has 5 heteroatoms. The van der Waals surface area contributed by atoms with Gasteiger partial charge < -0.3 is 8.98 Å². The molecule has 0 aliphatic carbocycles. The molecule has 0 saturated carbocycles. The first-order valence-corrected chi connectivity index (χ1v) is 6.81. The summed E-state index contributed by atoms with van der Waals surface area (Å²) in [6.07, 6.45) is 5.67. The van der Waals surface area contributed by atoms with Gasteiger partial charge in [0.15, 0.2) is 4.77 Å². The van der Waals surface area contributed by atoms with Crippen LogP contribution in [0.1, 0.15) is 44.3 Å². The number of H-pyrrole nitrogens is 1. The molecule has 0 fully saturated rings. The monoisotopic (exact) mass is 265 g/mol. The zero-order valence-corrected chi connectivity index (χ0v) is 11.7. The molecule has 0 aromatic carbocycles. The summed E-state index contributed by atoms with van der Waals surface area (Å²) in [5.74, 6) is 2.07. The number of hydrogen-bond donors (Lipinski definition) is 1. The number of furan rings is 1. The molecule has 98 valence electrons. The summed E-state index contributed by atoms with van der Waals surface area (Å²) < 4.78 is 8.19. The summed E-state index contributed by atoms with van der Waals surface area (Å²) in [6.45, 7) is 4.32. The second kappa shape index (κ2) is 6.00. The Kier molecular flexibility index (Phi) is 4.36. The van der Waals surface area contributed by atoms with Crippen LogP contribution in [0.25, 0.3) is 0 Å². The topological polar surface area (TPSA) is 46.8 Å². The van der Waals surface area contributed by atoms with E-state index in [-0.39, 0.29) is 0 Å². The van der Waals surface area contributed by atoms with Gasteiger partial charge in [-0.3, -0.25) is 5.10 Å². The highest BCUT2D eigenvalue weighted by atomic mass is 32.1. The smallest absolute Gasteiger partial charge is 0.195 e. The van der Waals surface area contributed by atoms with Gasteiger partial charge in [-0.2, -0.15) is 5.10 Å². The second-order valence-corrected chi connectivity index (χ2v) is 4.92. The van der Waals surface area contributed by atoms with Gasteiger partial charge in [0.1, 0.15) is 11.6 Å². The molecule has 1 atom stereocenters. The van der Waals surface area contributed by atoms with Crippen molar-refractivity contribution in [1.29, 1.82) is 0 Å². The lowest BCUT2D eigenvalue weighted by Crippen LogP contribution is -2.10. The standard InChI is InChI=1S/C13H19N3OS/c1-3-5-12-14-15-13(18)16(12)10(2)7-8-11-6-4-9-17-11/h4,6,9-10H,3,5,7-8H2,1-2H3,(H,15,18). The van der Waals surface area contributed by atoms with E-state index in [2.05, 4.69) is 28.6 Å². The predicted molar refractivity (Wildman–Crippen MR) is 73.1 cm³/mol. The van der Waals surface area contributed by atoms with Crippen LogP contribution < -0.4 is 0 Å². The van der Waals surface area contributed by atoms with Gasteiger partial charge >= 0.3 is 0 Å². The molecule has 0 aliphatic rings. The maximum Gasteiger partial charge on any atom is 0.195 e. The van der Waals surface area contributed by atoms with Crippen molar-refractivity contribution in [3.8, 4) is 0 Å². The number of nitrogens with one attached hydrogen (secondary N) is 1. The van der Waals surface area contributed by atoms with Crippen molar-refractivity contribution >= 4 is 12.2 Å². The Bertz CT molecular complexity index is 527. The van der Waals surface area contributed by atoms with E-state index in [4.69, 9.17) is 16.6 Å². The Hall–Kier alpha value is -1.36. The van der Waals surface area contributed by atoms with Crippen molar-refractivity contribution in [2.75, 3.05) is 0 Å². The Morgan fingerprint density at radius 2 is 2.33 bits per heavy atom. The molecule has 1 N–H and O–H groups in total. The van der Waals surface area contributed by atoms with Crippen molar-refractivity contribution in [2.24, 2.45) is 0 Å². The maximum atomic E-state index is 5.35. The van der Waals surface area contributed by atoms with Gasteiger partial charge in [-0.15, -0.1) is 0 Å². The van der Waals surface area contributed by atoms with Crippen LogP contribution >= 0.6 is 12.2 Å². The van der Waals surface area contributed by atoms with E-state index in [0.29, 0.717) is 10.8 Å². The fraction of sp³-hybridized carbons (Fsp3) is 0.538. The molecular weight excluding hydrogens is 246 g/mol. The molecule has 0 saturated heterocycles. The summed E-state index contributed by atoms with van der Waals surface area (Å²) >= 11 is 5.30. The van der Waals surface area contributed by atoms with E-state index in [1.807, 2.05) is 12.1 Å². The average molecular weight is 265 g/mol. The zero-order valence-electron chi connectivity index (χ0n) is 10.8. The number of aromatic nitrogens is 3. The molecule has 2 aromatic rings. The lowest BCUT2D eigenvalue weighted by Gasteiger charge is -2.14. The number of rotatable bonds is 6. The quantitative estimate of drug-likeness (QED) is 0.810. The third kappa shape index (κ3) is 2.90. The van der Waals surface area contributed by atoms with Crippen LogP contribution in [-0.2, 0) is 12.8 Å². The van der Waals surface area contributed by atoms with E-state index < -0.39 is 0 Å². The summed E-state index contributed by atoms with van der Waals surface area (Å²) in [7, 11) is 0. The molecule has 0 spiro atoms. The van der Waals surface area contributed by atoms with Gasteiger partial charge in [-0.25, -0.2) is 0 Å². The summed E-state index contributed by atoms with van der Waals surface area (Å²) in [6, 6.07) is 4.27. The second-order valence-electron chi connectivity index (χ2n) is 4.53. The predicted octanol–water partition coefficient (Wildman–Crippen LogP) is 3.68. The number of aryl methyl sites for hydroxylation is 2. The molecule has 2 aromatic heterocycles. The van der Waals surface area contributed by atoms with E-state index in [1.54, 1.807) is 6.26 Å². The van der Waals surface area contributed by atoms with Crippen LogP contribution in [0.4, 0.5) is 0 Å². The molecule has 0 aliphatic heterocycles. The van der Waals surface area contributed by atoms with Crippen LogP contribution in [0.2, 0.25) is 0 Å². The van der Waals surface area contributed by atoms with Crippen molar-refractivity contribution in [3.05, 3.63) is 34.8 Å². The third-order valence-electron chi connectivity index (χ3n) is 3.08. The highest BCUT2D eigenvalue weighted by Crippen LogP contribution is 2.17. The minimum atomic E-state index is 0.336. The minimum absolute atomic E-state index is 0.336. The number of aromatic amines is 1. The van der Waals surface area contributed by atoms with E-state index in [1.165, 1.54) is 0 Å². The van der Waals surface area contributed by atoms with Crippen molar-refractivity contribution in [3.63, 3.8) is 0 Å². The van der Waals surface area contributed by atoms with Gasteiger partial charge in [0.05, 0.1) is 6.26 Å². The molecule has 2 heterocycles. The molecule has 4 nitrogen and oxygen atoms in total. The molecule has 1 unspecified atom stereocenters. The highest BCUT2D eigenvalue weighted by Gasteiger charge is 2.12. The van der Waals surface area contributed by atoms with Crippen LogP contribution in [-0.4, -0.2) is 14.8 Å². The molecule has 0 radical (unpaired) electrons. The van der Waals surface area contributed by atoms with Gasteiger partial charge in [-0.1, -0.05) is 6.92 Å². The van der Waals surface area contributed by atoms with Crippen LogP contribution in [0.3, 0.4) is 0 Å². The lowest BCUT2D eigenvalue weighted by molar-refractivity contribution is 0.441. The first-order chi connectivity index (χ1) is 8.72. The minimum Gasteiger partial charge on any atom is -0.469 e. The van der Waals surface area contributed by atoms with Gasteiger partial charge in [0, 0.05) is 18.9 Å². The SMILES string of the molecule is CCCc1n[nH]c(=S)n1C(C)CCc1ccco1. The Morgan fingerprint density at radius 1 is 1.50 bits per heavy atom. The van der Waals surface area contributed by atoms with Gasteiger partial charge in [-0.05, 0) is 44.1 Å². The first-order valence-electron chi connectivity index (χ1n) is 6.40. The fourth-order valence-electron chi connectivity index (χ4n) is 2.13. The number of hydrogen-bond acceptors (Lipinski definition) is 3. The Morgan fingerprint density at radius 3 is 3.00 bits per heavy atom. The number of nitrogens with zero attached hydrogens (tertiary/aromatic N) is 2. The van der Waals surface area contributed by atoms with E-state index in [0.717, 1.165) is 37.3 Å². The Balaban J connectivity index is 2.06. The van der Waals surface area contributed by atoms with Crippen molar-refractivity contribution < 1.29 is 4.42 Å². The van der Waals surface area contributed by atoms with E-state index >= 15 is 0 Å². The van der Waals surface area contributed by atoms with Crippen LogP contribution in [0.15, 0.2) is 22.8 Å². The van der Waals surface area contributed by atoms with Crippen LogP contribution in [0.5, 0.6) is 0 Å². The molecule has 0 bridgehead atoms. The maximum absolute atomic E-state index is 5.35. The first kappa shape index (κ1) is 13.1. The average Bonchev–Trinajstić information content (AvgIpc) is 2.97. The summed E-state index contributed by atoms with van der Waals surface area (Å²) in [4.78, 5) is 0. The normalized spacial score (nSPS) is 12.8.